The lowest BCUT2D eigenvalue weighted by Gasteiger charge is -2.15. The molecule has 0 saturated carbocycles. The van der Waals surface area contributed by atoms with Crippen LogP contribution in [0.2, 0.25) is 0 Å². The van der Waals surface area contributed by atoms with E-state index in [1.54, 1.807) is 0 Å². The van der Waals surface area contributed by atoms with Crippen molar-refractivity contribution in [2.75, 3.05) is 5.88 Å². The van der Waals surface area contributed by atoms with E-state index in [2.05, 4.69) is 11.6 Å². The highest BCUT2D eigenvalue weighted by molar-refractivity contribution is 6.29. The molecule has 6 heteroatoms. The number of rotatable bonds is 2. The predicted octanol–water partition coefficient (Wildman–Crippen LogP) is 3.08. The molecule has 0 saturated heterocycles. The van der Waals surface area contributed by atoms with E-state index in [4.69, 9.17) is 11.6 Å². The number of halogens is 6. The molecule has 10 heavy (non-hydrogen) atoms. The third-order valence-electron chi connectivity index (χ3n) is 0.655. The molecule has 0 bridgehead atoms. The smallest absolute Gasteiger partial charge is 0.225 e. The SMILES string of the molecule is FC(F)(F)CC(F)(Cl)CCl. The Morgan fingerprint density at radius 1 is 1.10 bits per heavy atom. The van der Waals surface area contributed by atoms with Crippen LogP contribution in [0.25, 0.3) is 0 Å². The summed E-state index contributed by atoms with van der Waals surface area (Å²) in [7, 11) is 0. The minimum absolute atomic E-state index is 0.867. The number of hydrogen-bond donors (Lipinski definition) is 0. The van der Waals surface area contributed by atoms with Crippen molar-refractivity contribution in [2.45, 2.75) is 17.7 Å². The van der Waals surface area contributed by atoms with Gasteiger partial charge in [-0.15, -0.1) is 11.6 Å². The summed E-state index contributed by atoms with van der Waals surface area (Å²) in [5.74, 6) is -0.867. The Balaban J connectivity index is 3.89. The van der Waals surface area contributed by atoms with E-state index in [1.807, 2.05) is 0 Å². The summed E-state index contributed by atoms with van der Waals surface area (Å²) in [6, 6.07) is 0. The molecule has 0 amide bonds. The van der Waals surface area contributed by atoms with E-state index < -0.39 is 23.6 Å². The van der Waals surface area contributed by atoms with Crippen LogP contribution in [0.5, 0.6) is 0 Å². The van der Waals surface area contributed by atoms with Gasteiger partial charge in [-0.05, 0) is 0 Å². The zero-order valence-corrected chi connectivity index (χ0v) is 6.19. The molecule has 0 aliphatic rings. The van der Waals surface area contributed by atoms with E-state index in [0.717, 1.165) is 0 Å². The summed E-state index contributed by atoms with van der Waals surface area (Å²) < 4.78 is 46.3. The molecule has 1 unspecified atom stereocenters. The molecule has 0 aromatic carbocycles. The fourth-order valence-corrected chi connectivity index (χ4v) is 0.587. The van der Waals surface area contributed by atoms with Gasteiger partial charge in [-0.25, -0.2) is 4.39 Å². The average molecular weight is 199 g/mol. The summed E-state index contributed by atoms with van der Waals surface area (Å²) in [6.07, 6.45) is -6.32. The van der Waals surface area contributed by atoms with Crippen LogP contribution in [0.1, 0.15) is 6.42 Å². The molecular formula is C4H4Cl2F4. The topological polar surface area (TPSA) is 0 Å². The molecule has 0 radical (unpaired) electrons. The van der Waals surface area contributed by atoms with Crippen LogP contribution in [0.15, 0.2) is 0 Å². The summed E-state index contributed by atoms with van der Waals surface area (Å²) >= 11 is 9.48. The van der Waals surface area contributed by atoms with Crippen LogP contribution in [-0.4, -0.2) is 17.2 Å². The van der Waals surface area contributed by atoms with Gasteiger partial charge in [0.1, 0.15) is 0 Å². The maximum atomic E-state index is 12.2. The normalized spacial score (nSPS) is 18.6. The molecule has 0 nitrogen and oxygen atoms in total. The highest BCUT2D eigenvalue weighted by Crippen LogP contribution is 2.33. The molecule has 1 atom stereocenters. The Hall–Kier alpha value is 0.300. The molecule has 0 aliphatic carbocycles. The van der Waals surface area contributed by atoms with Crippen LogP contribution in [-0.2, 0) is 0 Å². The predicted molar refractivity (Wildman–Crippen MR) is 31.1 cm³/mol. The molecule has 0 fully saturated rings. The Kier molecular flexibility index (Phi) is 3.23. The Morgan fingerprint density at radius 2 is 1.50 bits per heavy atom. The lowest BCUT2D eigenvalue weighted by atomic mass is 10.3. The highest BCUT2D eigenvalue weighted by Gasteiger charge is 2.41. The van der Waals surface area contributed by atoms with Crippen LogP contribution in [0, 0.1) is 0 Å². The second-order valence-electron chi connectivity index (χ2n) is 1.78. The molecule has 0 spiro atoms. The number of alkyl halides is 6. The van der Waals surface area contributed by atoms with E-state index in [-0.39, 0.29) is 0 Å². The lowest BCUT2D eigenvalue weighted by Crippen LogP contribution is -2.25. The first kappa shape index (κ1) is 10.3. The van der Waals surface area contributed by atoms with Crippen molar-refractivity contribution in [3.05, 3.63) is 0 Å². The van der Waals surface area contributed by atoms with Crippen molar-refractivity contribution < 1.29 is 17.6 Å². The quantitative estimate of drug-likeness (QED) is 0.473. The van der Waals surface area contributed by atoms with Gasteiger partial charge in [-0.2, -0.15) is 13.2 Å². The van der Waals surface area contributed by atoms with Gasteiger partial charge in [-0.1, -0.05) is 11.6 Å². The molecular weight excluding hydrogens is 195 g/mol. The Labute approximate surface area is 65.1 Å². The van der Waals surface area contributed by atoms with Crippen molar-refractivity contribution in [3.63, 3.8) is 0 Å². The van der Waals surface area contributed by atoms with E-state index in [1.165, 1.54) is 0 Å². The second-order valence-corrected chi connectivity index (χ2v) is 2.73. The van der Waals surface area contributed by atoms with Gasteiger partial charge in [0, 0.05) is 0 Å². The van der Waals surface area contributed by atoms with Gasteiger partial charge in [0.15, 0.2) is 0 Å². The minimum Gasteiger partial charge on any atom is -0.225 e. The largest absolute Gasteiger partial charge is 0.393 e. The van der Waals surface area contributed by atoms with Crippen molar-refractivity contribution in [2.24, 2.45) is 0 Å². The molecule has 0 aromatic heterocycles. The van der Waals surface area contributed by atoms with Crippen molar-refractivity contribution in [3.8, 4) is 0 Å². The lowest BCUT2D eigenvalue weighted by molar-refractivity contribution is -0.148. The first-order chi connectivity index (χ1) is 4.27. The molecule has 0 N–H and O–H groups in total. The fourth-order valence-electron chi connectivity index (χ4n) is 0.341. The monoisotopic (exact) mass is 198 g/mol. The van der Waals surface area contributed by atoms with Crippen LogP contribution in [0.3, 0.4) is 0 Å². The van der Waals surface area contributed by atoms with Crippen LogP contribution >= 0.6 is 23.2 Å². The number of hydrogen-bond acceptors (Lipinski definition) is 0. The van der Waals surface area contributed by atoms with Crippen LogP contribution < -0.4 is 0 Å². The van der Waals surface area contributed by atoms with E-state index >= 15 is 0 Å². The first-order valence-corrected chi connectivity index (χ1v) is 3.19. The average Bonchev–Trinajstić information content (AvgIpc) is 1.60. The molecule has 0 rings (SSSR count). The third-order valence-corrected chi connectivity index (χ3v) is 1.48. The molecule has 0 aromatic rings. The van der Waals surface area contributed by atoms with E-state index in [9.17, 15) is 17.6 Å². The fraction of sp³-hybridized carbons (Fsp3) is 1.00. The van der Waals surface area contributed by atoms with Gasteiger partial charge in [0.2, 0.25) is 5.13 Å². The Morgan fingerprint density at radius 3 is 1.60 bits per heavy atom. The summed E-state index contributed by atoms with van der Waals surface area (Å²) in [5.41, 5.74) is 0. The Bertz CT molecular complexity index is 108. The van der Waals surface area contributed by atoms with Gasteiger partial charge in [-0.3, -0.25) is 0 Å². The zero-order chi connectivity index (χ0) is 8.41. The third kappa shape index (κ3) is 5.11. The molecule has 0 aliphatic heterocycles. The maximum Gasteiger partial charge on any atom is 0.393 e. The summed E-state index contributed by atoms with van der Waals surface area (Å²) in [5, 5.41) is -2.86. The van der Waals surface area contributed by atoms with Gasteiger partial charge >= 0.3 is 6.18 Å². The van der Waals surface area contributed by atoms with Gasteiger partial charge < -0.3 is 0 Å². The van der Waals surface area contributed by atoms with Crippen LogP contribution in [0.4, 0.5) is 17.6 Å². The zero-order valence-electron chi connectivity index (χ0n) is 4.68. The molecule has 0 heterocycles. The van der Waals surface area contributed by atoms with Crippen molar-refractivity contribution in [1.29, 1.82) is 0 Å². The summed E-state index contributed by atoms with van der Waals surface area (Å²) in [6.45, 7) is 0. The minimum atomic E-state index is -4.61. The van der Waals surface area contributed by atoms with Crippen molar-refractivity contribution >= 4 is 23.2 Å². The van der Waals surface area contributed by atoms with Gasteiger partial charge in [0.25, 0.3) is 0 Å². The summed E-state index contributed by atoms with van der Waals surface area (Å²) in [4.78, 5) is 0. The van der Waals surface area contributed by atoms with E-state index in [0.29, 0.717) is 0 Å². The molecule has 62 valence electrons. The second kappa shape index (κ2) is 3.13. The maximum absolute atomic E-state index is 12.2. The van der Waals surface area contributed by atoms with Gasteiger partial charge in [0.05, 0.1) is 12.3 Å². The van der Waals surface area contributed by atoms with Crippen molar-refractivity contribution in [1.82, 2.24) is 0 Å². The first-order valence-electron chi connectivity index (χ1n) is 2.27. The standard InChI is InChI=1S/C4H4Cl2F4/c5-2-3(6,7)1-4(8,9)10/h1-2H2. The highest BCUT2D eigenvalue weighted by atomic mass is 35.5.